The number of piperidine rings is 1. The Kier molecular flexibility index (Phi) is 4.13. The topological polar surface area (TPSA) is 58.1 Å². The van der Waals surface area contributed by atoms with Gasteiger partial charge in [0.05, 0.1) is 12.4 Å². The van der Waals surface area contributed by atoms with Crippen molar-refractivity contribution in [2.45, 2.75) is 64.2 Å². The quantitative estimate of drug-likeness (QED) is 0.887. The van der Waals surface area contributed by atoms with Crippen LogP contribution in [0.3, 0.4) is 0 Å². The highest BCUT2D eigenvalue weighted by Gasteiger charge is 2.51. The molecule has 140 valence electrons. The van der Waals surface area contributed by atoms with Gasteiger partial charge in [0, 0.05) is 19.5 Å². The van der Waals surface area contributed by atoms with Gasteiger partial charge in [0.15, 0.2) is 5.82 Å². The number of nitrogens with one attached hydrogen (secondary N) is 1. The van der Waals surface area contributed by atoms with E-state index in [1.165, 1.54) is 57.8 Å². The molecule has 1 amide bonds. The summed E-state index contributed by atoms with van der Waals surface area (Å²) in [7, 11) is 0. The van der Waals surface area contributed by atoms with Crippen molar-refractivity contribution in [2.75, 3.05) is 23.3 Å². The van der Waals surface area contributed by atoms with Crippen LogP contribution in [0.2, 0.25) is 0 Å². The summed E-state index contributed by atoms with van der Waals surface area (Å²) in [5.74, 6) is 4.31. The van der Waals surface area contributed by atoms with Crippen molar-refractivity contribution in [3.63, 3.8) is 0 Å². The van der Waals surface area contributed by atoms with Gasteiger partial charge in [0.1, 0.15) is 5.82 Å². The Bertz CT molecular complexity index is 647. The van der Waals surface area contributed by atoms with Crippen molar-refractivity contribution < 1.29 is 4.79 Å². The predicted molar refractivity (Wildman–Crippen MR) is 102 cm³/mol. The second kappa shape index (κ2) is 6.50. The molecule has 2 heterocycles. The first-order valence-electron chi connectivity index (χ1n) is 10.5. The number of carbonyl (C=O) groups excluding carboxylic acids is 1. The van der Waals surface area contributed by atoms with E-state index in [4.69, 9.17) is 0 Å². The first-order valence-corrected chi connectivity index (χ1v) is 10.5. The van der Waals surface area contributed by atoms with Gasteiger partial charge in [0.2, 0.25) is 5.91 Å². The average Bonchev–Trinajstić information content (AvgIpc) is 2.61. The van der Waals surface area contributed by atoms with Crippen molar-refractivity contribution in [3.8, 4) is 0 Å². The molecule has 1 N–H and O–H groups in total. The fourth-order valence-corrected chi connectivity index (χ4v) is 6.73. The summed E-state index contributed by atoms with van der Waals surface area (Å²) in [4.78, 5) is 24.1. The van der Waals surface area contributed by atoms with Crippen LogP contribution in [0.4, 0.5) is 11.6 Å². The number of hydrogen-bond acceptors (Lipinski definition) is 4. The molecule has 6 rings (SSSR count). The number of amides is 1. The predicted octanol–water partition coefficient (Wildman–Crippen LogP) is 4.01. The van der Waals surface area contributed by atoms with E-state index < -0.39 is 0 Å². The first-order chi connectivity index (χ1) is 12.7. The second-order valence-corrected chi connectivity index (χ2v) is 9.45. The normalized spacial score (nSPS) is 35.5. The molecule has 5 nitrogen and oxygen atoms in total. The Morgan fingerprint density at radius 2 is 1.69 bits per heavy atom. The van der Waals surface area contributed by atoms with E-state index in [2.05, 4.69) is 20.2 Å². The Labute approximate surface area is 156 Å². The van der Waals surface area contributed by atoms with Gasteiger partial charge in [-0.3, -0.25) is 9.78 Å². The van der Waals surface area contributed by atoms with Crippen molar-refractivity contribution >= 4 is 17.5 Å². The number of carbonyl (C=O) groups is 1. The zero-order valence-corrected chi connectivity index (χ0v) is 15.6. The minimum Gasteiger partial charge on any atom is -0.355 e. The lowest BCUT2D eigenvalue weighted by molar-refractivity contribution is -0.124. The van der Waals surface area contributed by atoms with Crippen LogP contribution in [0.5, 0.6) is 0 Å². The van der Waals surface area contributed by atoms with Gasteiger partial charge in [-0.25, -0.2) is 4.98 Å². The summed E-state index contributed by atoms with van der Waals surface area (Å²) in [5.41, 5.74) is 0.275. The average molecular weight is 354 g/mol. The highest BCUT2D eigenvalue weighted by molar-refractivity contribution is 5.90. The molecular weight excluding hydrogens is 324 g/mol. The standard InChI is InChI=1S/C21H30N4O/c26-20(12-21-9-15-6-16(10-21)8-17(7-15)11-21)24-18-13-22-14-19(23-18)25-4-2-1-3-5-25/h13-17H,1-12H2,(H,23,24,26). The number of hydrogen-bond donors (Lipinski definition) is 1. The largest absolute Gasteiger partial charge is 0.355 e. The molecule has 0 aromatic carbocycles. The van der Waals surface area contributed by atoms with Gasteiger partial charge < -0.3 is 10.2 Å². The Hall–Kier alpha value is -1.65. The summed E-state index contributed by atoms with van der Waals surface area (Å²) in [6.45, 7) is 2.08. The van der Waals surface area contributed by atoms with Gasteiger partial charge in [-0.05, 0) is 81.0 Å². The highest BCUT2D eigenvalue weighted by atomic mass is 16.1. The molecule has 1 saturated heterocycles. The highest BCUT2D eigenvalue weighted by Crippen LogP contribution is 2.61. The molecule has 4 saturated carbocycles. The second-order valence-electron chi connectivity index (χ2n) is 9.45. The van der Waals surface area contributed by atoms with Crippen LogP contribution < -0.4 is 10.2 Å². The van der Waals surface area contributed by atoms with E-state index in [0.717, 1.165) is 36.7 Å². The van der Waals surface area contributed by atoms with Crippen LogP contribution in [0, 0.1) is 23.2 Å². The number of anilines is 2. The molecule has 4 bridgehead atoms. The minimum absolute atomic E-state index is 0.136. The Balaban J connectivity index is 1.24. The molecule has 1 aromatic rings. The van der Waals surface area contributed by atoms with Crippen LogP contribution >= 0.6 is 0 Å². The van der Waals surface area contributed by atoms with Gasteiger partial charge in [0.25, 0.3) is 0 Å². The van der Waals surface area contributed by atoms with Crippen LogP contribution in [0.15, 0.2) is 12.4 Å². The number of rotatable bonds is 4. The van der Waals surface area contributed by atoms with Crippen LogP contribution in [-0.4, -0.2) is 29.0 Å². The van der Waals surface area contributed by atoms with E-state index in [1.54, 1.807) is 6.20 Å². The summed E-state index contributed by atoms with van der Waals surface area (Å²) in [6, 6.07) is 0. The van der Waals surface area contributed by atoms with Crippen LogP contribution in [0.25, 0.3) is 0 Å². The third kappa shape index (κ3) is 3.21. The Morgan fingerprint density at radius 1 is 1.04 bits per heavy atom. The summed E-state index contributed by atoms with van der Waals surface area (Å²) in [6.07, 6.45) is 16.0. The van der Waals surface area contributed by atoms with Crippen molar-refractivity contribution in [1.82, 2.24) is 9.97 Å². The smallest absolute Gasteiger partial charge is 0.226 e. The zero-order chi connectivity index (χ0) is 17.6. The SMILES string of the molecule is O=C(CC12CC3CC(CC(C3)C1)C2)Nc1cncc(N2CCCCC2)n1. The van der Waals surface area contributed by atoms with Gasteiger partial charge in [-0.2, -0.15) is 0 Å². The summed E-state index contributed by atoms with van der Waals surface area (Å²) < 4.78 is 0. The van der Waals surface area contributed by atoms with Gasteiger partial charge in [-0.15, -0.1) is 0 Å². The maximum atomic E-state index is 12.8. The van der Waals surface area contributed by atoms with E-state index in [0.29, 0.717) is 12.2 Å². The van der Waals surface area contributed by atoms with Crippen molar-refractivity contribution in [2.24, 2.45) is 23.2 Å². The molecule has 5 aliphatic rings. The fourth-order valence-electron chi connectivity index (χ4n) is 6.73. The number of nitrogens with zero attached hydrogens (tertiary/aromatic N) is 3. The third-order valence-corrected chi connectivity index (χ3v) is 7.27. The molecule has 4 aliphatic carbocycles. The lowest BCUT2D eigenvalue weighted by Crippen LogP contribution is -2.47. The first kappa shape index (κ1) is 16.5. The molecule has 1 aliphatic heterocycles. The number of aromatic nitrogens is 2. The summed E-state index contributed by atoms with van der Waals surface area (Å²) >= 11 is 0. The molecule has 0 spiro atoms. The lowest BCUT2D eigenvalue weighted by atomic mass is 9.49. The third-order valence-electron chi connectivity index (χ3n) is 7.27. The maximum Gasteiger partial charge on any atom is 0.226 e. The van der Waals surface area contributed by atoms with Crippen molar-refractivity contribution in [1.29, 1.82) is 0 Å². The Morgan fingerprint density at radius 3 is 2.35 bits per heavy atom. The fraction of sp³-hybridized carbons (Fsp3) is 0.762. The monoisotopic (exact) mass is 354 g/mol. The van der Waals surface area contributed by atoms with E-state index >= 15 is 0 Å². The molecule has 5 fully saturated rings. The van der Waals surface area contributed by atoms with Gasteiger partial charge in [-0.1, -0.05) is 0 Å². The molecule has 5 heteroatoms. The minimum atomic E-state index is 0.136. The van der Waals surface area contributed by atoms with Crippen LogP contribution in [-0.2, 0) is 4.79 Å². The van der Waals surface area contributed by atoms with E-state index in [-0.39, 0.29) is 11.3 Å². The zero-order valence-electron chi connectivity index (χ0n) is 15.6. The molecule has 26 heavy (non-hydrogen) atoms. The van der Waals surface area contributed by atoms with E-state index in [9.17, 15) is 4.79 Å². The van der Waals surface area contributed by atoms with Gasteiger partial charge >= 0.3 is 0 Å². The van der Waals surface area contributed by atoms with E-state index in [1.807, 2.05) is 6.20 Å². The maximum absolute atomic E-state index is 12.8. The lowest BCUT2D eigenvalue weighted by Gasteiger charge is -2.56. The summed E-state index contributed by atoms with van der Waals surface area (Å²) in [5, 5.41) is 3.06. The molecule has 0 atom stereocenters. The molecule has 1 aromatic heterocycles. The molecule has 0 unspecified atom stereocenters. The molecular formula is C21H30N4O. The van der Waals surface area contributed by atoms with Crippen molar-refractivity contribution in [3.05, 3.63) is 12.4 Å². The molecule has 0 radical (unpaired) electrons. The van der Waals surface area contributed by atoms with Crippen LogP contribution in [0.1, 0.15) is 64.2 Å².